The van der Waals surface area contributed by atoms with E-state index in [1.165, 1.54) is 18.5 Å². The molecule has 122 valence electrons. The number of unbranched alkanes of at least 4 members (excludes halogenated alkanes) is 2. The minimum absolute atomic E-state index is 0.0107. The number of carbonyl (C=O) groups is 1. The van der Waals surface area contributed by atoms with Gasteiger partial charge in [0, 0.05) is 18.9 Å². The van der Waals surface area contributed by atoms with E-state index in [4.69, 9.17) is 0 Å². The number of rotatable bonds is 7. The predicted molar refractivity (Wildman–Crippen MR) is 83.5 cm³/mol. The van der Waals surface area contributed by atoms with E-state index >= 15 is 0 Å². The molecular weight excluding hydrogens is 302 g/mol. The number of hydrogen-bond acceptors (Lipinski definition) is 4. The summed E-state index contributed by atoms with van der Waals surface area (Å²) in [6.45, 7) is 2.67. The topological polar surface area (TPSA) is 66.9 Å². The van der Waals surface area contributed by atoms with Gasteiger partial charge in [-0.25, -0.2) is 18.7 Å². The van der Waals surface area contributed by atoms with Gasteiger partial charge in [-0.15, -0.1) is 0 Å². The fourth-order valence-electron chi connectivity index (χ4n) is 1.92. The van der Waals surface area contributed by atoms with Crippen molar-refractivity contribution in [1.82, 2.24) is 15.3 Å². The van der Waals surface area contributed by atoms with Crippen LogP contribution < -0.4 is 10.6 Å². The van der Waals surface area contributed by atoms with Crippen molar-refractivity contribution in [2.75, 3.05) is 11.9 Å². The van der Waals surface area contributed by atoms with Crippen molar-refractivity contribution >= 4 is 17.5 Å². The Labute approximate surface area is 133 Å². The summed E-state index contributed by atoms with van der Waals surface area (Å²) in [5.41, 5.74) is -0.0367. The smallest absolute Gasteiger partial charge is 0.254 e. The van der Waals surface area contributed by atoms with Gasteiger partial charge in [0.05, 0.1) is 5.56 Å². The van der Waals surface area contributed by atoms with Gasteiger partial charge in [-0.2, -0.15) is 0 Å². The first-order chi connectivity index (χ1) is 11.1. The molecule has 2 rings (SSSR count). The predicted octanol–water partition coefficient (Wildman–Crippen LogP) is 3.42. The second-order valence-electron chi connectivity index (χ2n) is 4.98. The molecule has 2 aromatic rings. The molecule has 0 saturated carbocycles. The molecule has 0 saturated heterocycles. The number of halogens is 2. The van der Waals surface area contributed by atoms with E-state index < -0.39 is 11.6 Å². The molecule has 0 spiro atoms. The van der Waals surface area contributed by atoms with E-state index in [0.717, 1.165) is 31.4 Å². The van der Waals surface area contributed by atoms with Gasteiger partial charge in [0.2, 0.25) is 5.95 Å². The third-order valence-electron chi connectivity index (χ3n) is 3.18. The maximum absolute atomic E-state index is 13.5. The second kappa shape index (κ2) is 8.17. The molecule has 23 heavy (non-hydrogen) atoms. The van der Waals surface area contributed by atoms with Crippen LogP contribution in [-0.4, -0.2) is 22.4 Å². The van der Waals surface area contributed by atoms with Crippen LogP contribution in [0, 0.1) is 11.6 Å². The largest absolute Gasteiger partial charge is 0.352 e. The number of nitrogens with one attached hydrogen (secondary N) is 2. The normalized spacial score (nSPS) is 10.4. The molecule has 1 aromatic heterocycles. The average Bonchev–Trinajstić information content (AvgIpc) is 2.55. The van der Waals surface area contributed by atoms with Gasteiger partial charge in [0.15, 0.2) is 0 Å². The Kier molecular flexibility index (Phi) is 5.96. The lowest BCUT2D eigenvalue weighted by molar-refractivity contribution is 0.0952. The Hall–Kier alpha value is -2.57. The number of amides is 1. The quantitative estimate of drug-likeness (QED) is 0.767. The molecule has 2 N–H and O–H groups in total. The summed E-state index contributed by atoms with van der Waals surface area (Å²) in [5.74, 6) is -1.75. The summed E-state index contributed by atoms with van der Waals surface area (Å²) < 4.78 is 27.0. The summed E-state index contributed by atoms with van der Waals surface area (Å²) in [7, 11) is 0. The van der Waals surface area contributed by atoms with Crippen molar-refractivity contribution in [3.8, 4) is 0 Å². The molecule has 0 unspecified atom stereocenters. The zero-order chi connectivity index (χ0) is 16.7. The SMILES string of the molecule is CCCCCNC(=O)c1cnc(Nc2c(F)cccc2F)nc1. The zero-order valence-corrected chi connectivity index (χ0v) is 12.8. The summed E-state index contributed by atoms with van der Waals surface area (Å²) in [6, 6.07) is 3.52. The molecule has 0 radical (unpaired) electrons. The molecule has 1 aromatic carbocycles. The number of carbonyl (C=O) groups excluding carboxylic acids is 1. The lowest BCUT2D eigenvalue weighted by atomic mass is 10.2. The highest BCUT2D eigenvalue weighted by atomic mass is 19.1. The van der Waals surface area contributed by atoms with Crippen LogP contribution in [0.2, 0.25) is 0 Å². The van der Waals surface area contributed by atoms with E-state index in [-0.39, 0.29) is 17.5 Å². The van der Waals surface area contributed by atoms with Crippen molar-refractivity contribution in [1.29, 1.82) is 0 Å². The monoisotopic (exact) mass is 320 g/mol. The van der Waals surface area contributed by atoms with E-state index in [0.29, 0.717) is 12.1 Å². The molecule has 0 aliphatic carbocycles. The van der Waals surface area contributed by atoms with Gasteiger partial charge in [-0.05, 0) is 18.6 Å². The fourth-order valence-corrected chi connectivity index (χ4v) is 1.92. The van der Waals surface area contributed by atoms with E-state index in [1.807, 2.05) is 0 Å². The number of nitrogens with zero attached hydrogens (tertiary/aromatic N) is 2. The van der Waals surface area contributed by atoms with Crippen LogP contribution in [0.25, 0.3) is 0 Å². The molecule has 0 aliphatic heterocycles. The van der Waals surface area contributed by atoms with Gasteiger partial charge < -0.3 is 10.6 Å². The Bertz CT molecular complexity index is 641. The molecular formula is C16H18F2N4O. The minimum atomic E-state index is -0.744. The number of aromatic nitrogens is 2. The Morgan fingerprint density at radius 1 is 1.13 bits per heavy atom. The van der Waals surface area contributed by atoms with Crippen LogP contribution in [0.1, 0.15) is 36.5 Å². The van der Waals surface area contributed by atoms with Gasteiger partial charge in [-0.1, -0.05) is 25.8 Å². The third kappa shape index (κ3) is 4.70. The lowest BCUT2D eigenvalue weighted by Crippen LogP contribution is -2.24. The van der Waals surface area contributed by atoms with E-state index in [9.17, 15) is 13.6 Å². The molecule has 1 heterocycles. The Morgan fingerprint density at radius 2 is 1.78 bits per heavy atom. The highest BCUT2D eigenvalue weighted by Crippen LogP contribution is 2.20. The number of benzene rings is 1. The molecule has 0 fully saturated rings. The van der Waals surface area contributed by atoms with Crippen molar-refractivity contribution < 1.29 is 13.6 Å². The van der Waals surface area contributed by atoms with Crippen LogP contribution >= 0.6 is 0 Å². The van der Waals surface area contributed by atoms with Crippen molar-refractivity contribution in [3.05, 3.63) is 47.8 Å². The molecule has 0 bridgehead atoms. The molecule has 7 heteroatoms. The standard InChI is InChI=1S/C16H18F2N4O/c1-2-3-4-8-19-15(23)11-9-20-16(21-10-11)22-14-12(17)6-5-7-13(14)18/h5-7,9-10H,2-4,8H2,1H3,(H,19,23)(H,20,21,22). The highest BCUT2D eigenvalue weighted by Gasteiger charge is 2.11. The summed E-state index contributed by atoms with van der Waals surface area (Å²) >= 11 is 0. The first-order valence-corrected chi connectivity index (χ1v) is 7.43. The lowest BCUT2D eigenvalue weighted by Gasteiger charge is -2.08. The maximum Gasteiger partial charge on any atom is 0.254 e. The van der Waals surface area contributed by atoms with Crippen molar-refractivity contribution in [2.45, 2.75) is 26.2 Å². The number of hydrogen-bond donors (Lipinski definition) is 2. The fraction of sp³-hybridized carbons (Fsp3) is 0.312. The van der Waals surface area contributed by atoms with Crippen LogP contribution in [0.4, 0.5) is 20.4 Å². The first-order valence-electron chi connectivity index (χ1n) is 7.43. The molecule has 0 aliphatic rings. The van der Waals surface area contributed by atoms with Crippen LogP contribution in [-0.2, 0) is 0 Å². The summed E-state index contributed by atoms with van der Waals surface area (Å²) in [4.78, 5) is 19.7. The highest BCUT2D eigenvalue weighted by molar-refractivity contribution is 5.93. The van der Waals surface area contributed by atoms with Crippen LogP contribution in [0.5, 0.6) is 0 Å². The third-order valence-corrected chi connectivity index (χ3v) is 3.18. The first kappa shape index (κ1) is 16.8. The average molecular weight is 320 g/mol. The maximum atomic E-state index is 13.5. The zero-order valence-electron chi connectivity index (χ0n) is 12.8. The van der Waals surface area contributed by atoms with Gasteiger partial charge in [0.1, 0.15) is 17.3 Å². The molecule has 0 atom stereocenters. The molecule has 1 amide bonds. The van der Waals surface area contributed by atoms with E-state index in [1.54, 1.807) is 0 Å². The number of para-hydroxylation sites is 1. The second-order valence-corrected chi connectivity index (χ2v) is 4.98. The van der Waals surface area contributed by atoms with Gasteiger partial charge >= 0.3 is 0 Å². The van der Waals surface area contributed by atoms with Crippen molar-refractivity contribution in [3.63, 3.8) is 0 Å². The van der Waals surface area contributed by atoms with Crippen LogP contribution in [0.15, 0.2) is 30.6 Å². The Balaban J connectivity index is 1.98. The van der Waals surface area contributed by atoms with Gasteiger partial charge in [-0.3, -0.25) is 4.79 Å². The van der Waals surface area contributed by atoms with Gasteiger partial charge in [0.25, 0.3) is 5.91 Å². The minimum Gasteiger partial charge on any atom is -0.352 e. The van der Waals surface area contributed by atoms with Crippen LogP contribution in [0.3, 0.4) is 0 Å². The van der Waals surface area contributed by atoms with Crippen molar-refractivity contribution in [2.24, 2.45) is 0 Å². The summed E-state index contributed by atoms with van der Waals surface area (Å²) in [5, 5.41) is 5.22. The number of anilines is 2. The summed E-state index contributed by atoms with van der Waals surface area (Å²) in [6.07, 6.45) is 5.65. The Morgan fingerprint density at radius 3 is 2.39 bits per heavy atom. The van der Waals surface area contributed by atoms with E-state index in [2.05, 4.69) is 27.5 Å². The molecule has 5 nitrogen and oxygen atoms in total.